The van der Waals surface area contributed by atoms with Crippen molar-refractivity contribution in [2.75, 3.05) is 19.5 Å². The van der Waals surface area contributed by atoms with Gasteiger partial charge in [-0.05, 0) is 42.0 Å². The molecular weight excluding hydrogens is 410 g/mol. The van der Waals surface area contributed by atoms with Gasteiger partial charge in [0.05, 0.1) is 26.5 Å². The van der Waals surface area contributed by atoms with Gasteiger partial charge in [0.1, 0.15) is 5.69 Å². The van der Waals surface area contributed by atoms with Crippen LogP contribution in [-0.2, 0) is 11.3 Å². The van der Waals surface area contributed by atoms with Crippen molar-refractivity contribution >= 4 is 23.2 Å². The van der Waals surface area contributed by atoms with E-state index in [2.05, 4.69) is 20.6 Å². The SMILES string of the molecule is COc1ccc(C2=NN(Cc3ccc(NC(=O)c4ccn[nH]4)cc3)C(=O)CC2)cc1OC. The van der Waals surface area contributed by atoms with Gasteiger partial charge < -0.3 is 14.8 Å². The highest BCUT2D eigenvalue weighted by Crippen LogP contribution is 2.29. The number of anilines is 1. The summed E-state index contributed by atoms with van der Waals surface area (Å²) in [6, 6.07) is 14.5. The molecule has 1 aromatic heterocycles. The molecule has 0 fully saturated rings. The lowest BCUT2D eigenvalue weighted by atomic mass is 10.0. The van der Waals surface area contributed by atoms with Crippen molar-refractivity contribution in [3.05, 3.63) is 71.5 Å². The number of benzene rings is 2. The largest absolute Gasteiger partial charge is 0.493 e. The van der Waals surface area contributed by atoms with Gasteiger partial charge in [0, 0.05) is 30.3 Å². The molecule has 0 saturated carbocycles. The molecule has 2 amide bonds. The highest BCUT2D eigenvalue weighted by atomic mass is 16.5. The number of nitrogens with one attached hydrogen (secondary N) is 2. The third-order valence-electron chi connectivity index (χ3n) is 5.11. The number of aromatic nitrogens is 2. The molecule has 0 atom stereocenters. The topological polar surface area (TPSA) is 109 Å². The average Bonchev–Trinajstić information content (AvgIpc) is 3.36. The van der Waals surface area contributed by atoms with Crippen LogP contribution in [0.2, 0.25) is 0 Å². The Bertz CT molecular complexity index is 1140. The first kappa shape index (κ1) is 21.1. The van der Waals surface area contributed by atoms with Gasteiger partial charge in [-0.3, -0.25) is 14.7 Å². The van der Waals surface area contributed by atoms with Crippen molar-refractivity contribution in [2.24, 2.45) is 5.10 Å². The van der Waals surface area contributed by atoms with Gasteiger partial charge in [-0.25, -0.2) is 5.01 Å². The molecule has 9 nitrogen and oxygen atoms in total. The van der Waals surface area contributed by atoms with Crippen LogP contribution in [0, 0.1) is 0 Å². The van der Waals surface area contributed by atoms with Gasteiger partial charge >= 0.3 is 0 Å². The maximum Gasteiger partial charge on any atom is 0.273 e. The van der Waals surface area contributed by atoms with E-state index in [1.807, 2.05) is 30.3 Å². The Hall–Kier alpha value is -4.14. The van der Waals surface area contributed by atoms with E-state index in [-0.39, 0.29) is 11.8 Å². The molecule has 32 heavy (non-hydrogen) atoms. The van der Waals surface area contributed by atoms with Gasteiger partial charge in [-0.2, -0.15) is 10.2 Å². The quantitative estimate of drug-likeness (QED) is 0.595. The minimum Gasteiger partial charge on any atom is -0.493 e. The molecule has 1 aliphatic heterocycles. The summed E-state index contributed by atoms with van der Waals surface area (Å²) in [6.45, 7) is 0.338. The summed E-state index contributed by atoms with van der Waals surface area (Å²) in [4.78, 5) is 24.6. The van der Waals surface area contributed by atoms with E-state index in [1.165, 1.54) is 11.2 Å². The summed E-state index contributed by atoms with van der Waals surface area (Å²) in [5.41, 5.74) is 3.62. The highest BCUT2D eigenvalue weighted by Gasteiger charge is 2.22. The zero-order valence-corrected chi connectivity index (χ0v) is 17.8. The van der Waals surface area contributed by atoms with Gasteiger partial charge in [-0.1, -0.05) is 12.1 Å². The van der Waals surface area contributed by atoms with Gasteiger partial charge in [0.15, 0.2) is 11.5 Å². The Balaban J connectivity index is 1.47. The van der Waals surface area contributed by atoms with Crippen LogP contribution in [0.3, 0.4) is 0 Å². The van der Waals surface area contributed by atoms with Crippen LogP contribution in [0.15, 0.2) is 59.8 Å². The van der Waals surface area contributed by atoms with Crippen molar-refractivity contribution in [2.45, 2.75) is 19.4 Å². The van der Waals surface area contributed by atoms with Gasteiger partial charge in [-0.15, -0.1) is 0 Å². The maximum absolute atomic E-state index is 12.5. The molecule has 0 saturated heterocycles. The van der Waals surface area contributed by atoms with Gasteiger partial charge in [0.25, 0.3) is 5.91 Å². The number of carbonyl (C=O) groups excluding carboxylic acids is 2. The lowest BCUT2D eigenvalue weighted by Crippen LogP contribution is -2.31. The van der Waals surface area contributed by atoms with Gasteiger partial charge in [0.2, 0.25) is 5.91 Å². The average molecular weight is 433 g/mol. The zero-order valence-electron chi connectivity index (χ0n) is 17.8. The van der Waals surface area contributed by atoms with Crippen LogP contribution in [-0.4, -0.2) is 47.0 Å². The van der Waals surface area contributed by atoms with E-state index in [4.69, 9.17) is 9.47 Å². The number of hydrogen-bond acceptors (Lipinski definition) is 6. The van der Waals surface area contributed by atoms with E-state index < -0.39 is 0 Å². The molecule has 1 aliphatic rings. The first-order valence-electron chi connectivity index (χ1n) is 10.1. The molecule has 4 rings (SSSR count). The molecule has 2 aromatic carbocycles. The fourth-order valence-corrected chi connectivity index (χ4v) is 3.39. The van der Waals surface area contributed by atoms with E-state index in [0.29, 0.717) is 42.3 Å². The Kier molecular flexibility index (Phi) is 6.16. The van der Waals surface area contributed by atoms with Crippen molar-refractivity contribution in [3.63, 3.8) is 0 Å². The molecule has 0 aliphatic carbocycles. The first-order chi connectivity index (χ1) is 15.6. The van der Waals surface area contributed by atoms with Crippen molar-refractivity contribution in [1.29, 1.82) is 0 Å². The summed E-state index contributed by atoms with van der Waals surface area (Å²) >= 11 is 0. The van der Waals surface area contributed by atoms with E-state index in [1.54, 1.807) is 32.4 Å². The number of hydrazone groups is 1. The highest BCUT2D eigenvalue weighted by molar-refractivity contribution is 6.04. The number of nitrogens with zero attached hydrogens (tertiary/aromatic N) is 3. The Morgan fingerprint density at radius 2 is 1.84 bits per heavy atom. The molecule has 3 aromatic rings. The number of rotatable bonds is 7. The second-order valence-electron chi connectivity index (χ2n) is 7.19. The van der Waals surface area contributed by atoms with Crippen molar-refractivity contribution < 1.29 is 19.1 Å². The summed E-state index contributed by atoms with van der Waals surface area (Å²) in [5, 5.41) is 15.3. The Morgan fingerprint density at radius 3 is 2.53 bits per heavy atom. The molecule has 0 radical (unpaired) electrons. The predicted molar refractivity (Wildman–Crippen MR) is 119 cm³/mol. The maximum atomic E-state index is 12.5. The zero-order chi connectivity index (χ0) is 22.5. The molecular formula is C23H23N5O4. The number of carbonyl (C=O) groups is 2. The van der Waals surface area contributed by atoms with Crippen molar-refractivity contribution in [1.82, 2.24) is 15.2 Å². The fourth-order valence-electron chi connectivity index (χ4n) is 3.39. The summed E-state index contributed by atoms with van der Waals surface area (Å²) in [5.74, 6) is 0.945. The number of methoxy groups -OCH3 is 2. The number of hydrogen-bond donors (Lipinski definition) is 2. The first-order valence-corrected chi connectivity index (χ1v) is 10.1. The lowest BCUT2D eigenvalue weighted by molar-refractivity contribution is -0.132. The minimum atomic E-state index is -0.273. The number of aromatic amines is 1. The van der Waals surface area contributed by atoms with Crippen LogP contribution in [0.25, 0.3) is 0 Å². The third-order valence-corrected chi connectivity index (χ3v) is 5.11. The third kappa shape index (κ3) is 4.61. The molecule has 2 N–H and O–H groups in total. The van der Waals surface area contributed by atoms with E-state index >= 15 is 0 Å². The van der Waals surface area contributed by atoms with E-state index in [9.17, 15) is 9.59 Å². The number of H-pyrrole nitrogens is 1. The molecule has 0 spiro atoms. The normalized spacial score (nSPS) is 13.5. The lowest BCUT2D eigenvalue weighted by Gasteiger charge is -2.24. The standard InChI is InChI=1S/C23H23N5O4/c1-31-20-9-5-16(13-21(20)32-2)18-8-10-22(29)28(27-18)14-15-3-6-17(7-4-15)25-23(30)19-11-12-24-26-19/h3-7,9,11-13H,8,10,14H2,1-2H3,(H,24,26)(H,25,30). The number of ether oxygens (including phenoxy) is 2. The molecule has 2 heterocycles. The van der Waals surface area contributed by atoms with Crippen LogP contribution in [0.5, 0.6) is 11.5 Å². The minimum absolute atomic E-state index is 0.0362. The van der Waals surface area contributed by atoms with Crippen molar-refractivity contribution in [3.8, 4) is 11.5 Å². The monoisotopic (exact) mass is 433 g/mol. The Morgan fingerprint density at radius 1 is 1.06 bits per heavy atom. The van der Waals surface area contributed by atoms with Crippen LogP contribution in [0.1, 0.15) is 34.5 Å². The molecule has 0 unspecified atom stereocenters. The van der Waals surface area contributed by atoms with E-state index in [0.717, 1.165) is 16.8 Å². The van der Waals surface area contributed by atoms with Crippen LogP contribution in [0.4, 0.5) is 5.69 Å². The Labute approximate surface area is 185 Å². The molecule has 164 valence electrons. The molecule has 9 heteroatoms. The summed E-state index contributed by atoms with van der Waals surface area (Å²) in [7, 11) is 3.17. The van der Waals surface area contributed by atoms with Crippen LogP contribution < -0.4 is 14.8 Å². The van der Waals surface area contributed by atoms with Crippen LogP contribution >= 0.6 is 0 Å². The predicted octanol–water partition coefficient (Wildman–Crippen LogP) is 3.21. The second kappa shape index (κ2) is 9.34. The molecule has 0 bridgehead atoms. The summed E-state index contributed by atoms with van der Waals surface area (Å²) in [6.07, 6.45) is 2.46. The summed E-state index contributed by atoms with van der Waals surface area (Å²) < 4.78 is 10.7. The smallest absolute Gasteiger partial charge is 0.273 e. The fraction of sp³-hybridized carbons (Fsp3) is 0.217. The second-order valence-corrected chi connectivity index (χ2v) is 7.19. The number of amides is 2.